The van der Waals surface area contributed by atoms with Crippen LogP contribution in [-0.2, 0) is 11.3 Å². The van der Waals surface area contributed by atoms with Crippen LogP contribution in [0.5, 0.6) is 5.75 Å². The lowest BCUT2D eigenvalue weighted by molar-refractivity contribution is -0.126. The Morgan fingerprint density at radius 3 is 2.56 bits per heavy atom. The van der Waals surface area contributed by atoms with Crippen molar-refractivity contribution in [2.45, 2.75) is 26.4 Å². The molecule has 0 aliphatic carbocycles. The standard InChI is InChI=1S/C22H29N3O2/c1-17-6-4-7-19(14-17)16-23-22(26)18(2)24-10-12-25(13-11-24)20-8-5-9-21(15-20)27-3/h4-9,14-15,18H,10-13,16H2,1-3H3,(H,23,26). The lowest BCUT2D eigenvalue weighted by atomic mass is 10.1. The molecular formula is C22H29N3O2. The van der Waals surface area contributed by atoms with Gasteiger partial charge in [-0.1, -0.05) is 35.9 Å². The van der Waals surface area contributed by atoms with Gasteiger partial charge >= 0.3 is 0 Å². The Kier molecular flexibility index (Phi) is 6.35. The summed E-state index contributed by atoms with van der Waals surface area (Å²) in [6, 6.07) is 16.3. The molecule has 0 radical (unpaired) electrons. The molecule has 0 spiro atoms. The third-order valence-electron chi connectivity index (χ3n) is 5.21. The Morgan fingerprint density at radius 1 is 1.11 bits per heavy atom. The number of amides is 1. The molecule has 144 valence electrons. The maximum absolute atomic E-state index is 12.6. The molecule has 2 aromatic carbocycles. The average Bonchev–Trinajstić information content (AvgIpc) is 2.71. The average molecular weight is 367 g/mol. The lowest BCUT2D eigenvalue weighted by Gasteiger charge is -2.38. The number of carbonyl (C=O) groups is 1. The fraction of sp³-hybridized carbons (Fsp3) is 0.409. The number of carbonyl (C=O) groups excluding carboxylic acids is 1. The zero-order valence-electron chi connectivity index (χ0n) is 16.4. The van der Waals surface area contributed by atoms with Gasteiger partial charge in [0.2, 0.25) is 5.91 Å². The van der Waals surface area contributed by atoms with E-state index in [1.807, 2.05) is 31.2 Å². The first-order chi connectivity index (χ1) is 13.1. The molecule has 1 N–H and O–H groups in total. The van der Waals surface area contributed by atoms with Crippen molar-refractivity contribution in [2.75, 3.05) is 38.2 Å². The van der Waals surface area contributed by atoms with Crippen LogP contribution < -0.4 is 15.0 Å². The third-order valence-corrected chi connectivity index (χ3v) is 5.21. The van der Waals surface area contributed by atoms with Crippen molar-refractivity contribution in [3.05, 3.63) is 59.7 Å². The van der Waals surface area contributed by atoms with Gasteiger partial charge in [-0.2, -0.15) is 0 Å². The maximum atomic E-state index is 12.6. The predicted molar refractivity (Wildman–Crippen MR) is 109 cm³/mol. The van der Waals surface area contributed by atoms with Gasteiger partial charge in [-0.25, -0.2) is 0 Å². The van der Waals surface area contributed by atoms with E-state index in [0.29, 0.717) is 6.54 Å². The molecule has 0 aromatic heterocycles. The quantitative estimate of drug-likeness (QED) is 0.853. The molecule has 2 aromatic rings. The molecular weight excluding hydrogens is 338 g/mol. The molecule has 0 saturated carbocycles. The topological polar surface area (TPSA) is 44.8 Å². The summed E-state index contributed by atoms with van der Waals surface area (Å²) < 4.78 is 5.32. The van der Waals surface area contributed by atoms with Crippen molar-refractivity contribution in [3.63, 3.8) is 0 Å². The number of methoxy groups -OCH3 is 1. The van der Waals surface area contributed by atoms with E-state index >= 15 is 0 Å². The monoisotopic (exact) mass is 367 g/mol. The number of nitrogens with zero attached hydrogens (tertiary/aromatic N) is 2. The van der Waals surface area contributed by atoms with Crippen molar-refractivity contribution < 1.29 is 9.53 Å². The summed E-state index contributed by atoms with van der Waals surface area (Å²) in [7, 11) is 1.69. The van der Waals surface area contributed by atoms with E-state index in [2.05, 4.69) is 46.3 Å². The summed E-state index contributed by atoms with van der Waals surface area (Å²) in [5.41, 5.74) is 3.52. The molecule has 1 heterocycles. The molecule has 1 aliphatic rings. The van der Waals surface area contributed by atoms with E-state index in [-0.39, 0.29) is 11.9 Å². The number of ether oxygens (including phenoxy) is 1. The van der Waals surface area contributed by atoms with Crippen LogP contribution in [0.15, 0.2) is 48.5 Å². The van der Waals surface area contributed by atoms with Crippen LogP contribution in [0, 0.1) is 6.92 Å². The molecule has 0 bridgehead atoms. The van der Waals surface area contributed by atoms with E-state index in [1.54, 1.807) is 7.11 Å². The van der Waals surface area contributed by atoms with Crippen LogP contribution in [0.4, 0.5) is 5.69 Å². The van der Waals surface area contributed by atoms with Crippen LogP contribution >= 0.6 is 0 Å². The zero-order chi connectivity index (χ0) is 19.2. The molecule has 27 heavy (non-hydrogen) atoms. The fourth-order valence-corrected chi connectivity index (χ4v) is 3.50. The van der Waals surface area contributed by atoms with Gasteiger partial charge in [0, 0.05) is 44.5 Å². The van der Waals surface area contributed by atoms with Gasteiger partial charge in [-0.3, -0.25) is 9.69 Å². The second kappa shape index (κ2) is 8.91. The lowest BCUT2D eigenvalue weighted by Crippen LogP contribution is -2.53. The first-order valence-electron chi connectivity index (χ1n) is 9.53. The van der Waals surface area contributed by atoms with Crippen molar-refractivity contribution in [1.29, 1.82) is 0 Å². The van der Waals surface area contributed by atoms with Crippen LogP contribution in [0.1, 0.15) is 18.1 Å². The van der Waals surface area contributed by atoms with E-state index in [0.717, 1.165) is 37.5 Å². The number of benzene rings is 2. The Morgan fingerprint density at radius 2 is 1.85 bits per heavy atom. The van der Waals surface area contributed by atoms with Gasteiger partial charge in [0.25, 0.3) is 0 Å². The van der Waals surface area contributed by atoms with Gasteiger partial charge in [0.15, 0.2) is 0 Å². The summed E-state index contributed by atoms with van der Waals surface area (Å²) in [4.78, 5) is 17.1. The first-order valence-corrected chi connectivity index (χ1v) is 9.53. The number of anilines is 1. The molecule has 5 heteroatoms. The number of hydrogen-bond donors (Lipinski definition) is 1. The van der Waals surface area contributed by atoms with E-state index < -0.39 is 0 Å². The first kappa shape index (κ1) is 19.2. The molecule has 1 amide bonds. The largest absolute Gasteiger partial charge is 0.497 e. The Bertz CT molecular complexity index is 770. The smallest absolute Gasteiger partial charge is 0.237 e. The third kappa shape index (κ3) is 5.01. The van der Waals surface area contributed by atoms with Crippen molar-refractivity contribution in [1.82, 2.24) is 10.2 Å². The van der Waals surface area contributed by atoms with E-state index in [1.165, 1.54) is 11.3 Å². The fourth-order valence-electron chi connectivity index (χ4n) is 3.50. The van der Waals surface area contributed by atoms with Gasteiger partial charge in [-0.15, -0.1) is 0 Å². The molecule has 1 aliphatic heterocycles. The minimum atomic E-state index is -0.123. The van der Waals surface area contributed by atoms with Crippen LogP contribution in [0.2, 0.25) is 0 Å². The zero-order valence-corrected chi connectivity index (χ0v) is 16.4. The number of rotatable bonds is 6. The maximum Gasteiger partial charge on any atom is 0.237 e. The molecule has 5 nitrogen and oxygen atoms in total. The van der Waals surface area contributed by atoms with Crippen molar-refractivity contribution in [2.24, 2.45) is 0 Å². The summed E-state index contributed by atoms with van der Waals surface area (Å²) in [6.07, 6.45) is 0. The highest BCUT2D eigenvalue weighted by Gasteiger charge is 2.25. The summed E-state index contributed by atoms with van der Waals surface area (Å²) in [6.45, 7) is 8.19. The van der Waals surface area contributed by atoms with Crippen LogP contribution in [0.25, 0.3) is 0 Å². The number of nitrogens with one attached hydrogen (secondary N) is 1. The molecule has 1 saturated heterocycles. The summed E-state index contributed by atoms with van der Waals surface area (Å²) in [5.74, 6) is 0.963. The predicted octanol–water partition coefficient (Wildman–Crippen LogP) is 2.83. The second-order valence-electron chi connectivity index (χ2n) is 7.11. The number of piperazine rings is 1. The van der Waals surface area contributed by atoms with Crippen LogP contribution in [-0.4, -0.2) is 50.1 Å². The van der Waals surface area contributed by atoms with Crippen LogP contribution in [0.3, 0.4) is 0 Å². The highest BCUT2D eigenvalue weighted by molar-refractivity contribution is 5.81. The van der Waals surface area contributed by atoms with Gasteiger partial charge < -0.3 is 15.0 Å². The molecule has 3 rings (SSSR count). The molecule has 1 atom stereocenters. The van der Waals surface area contributed by atoms with Crippen molar-refractivity contribution in [3.8, 4) is 5.75 Å². The normalized spacial score (nSPS) is 16.0. The van der Waals surface area contributed by atoms with Gasteiger partial charge in [0.1, 0.15) is 5.75 Å². The van der Waals surface area contributed by atoms with E-state index in [4.69, 9.17) is 4.74 Å². The van der Waals surface area contributed by atoms with Crippen molar-refractivity contribution >= 4 is 11.6 Å². The minimum Gasteiger partial charge on any atom is -0.497 e. The minimum absolute atomic E-state index is 0.0892. The Hall–Kier alpha value is -2.53. The summed E-state index contributed by atoms with van der Waals surface area (Å²) in [5, 5.41) is 3.07. The van der Waals surface area contributed by atoms with E-state index in [9.17, 15) is 4.79 Å². The Labute approximate surface area is 161 Å². The SMILES string of the molecule is COc1cccc(N2CCN(C(C)C(=O)NCc3cccc(C)c3)CC2)c1. The molecule has 1 unspecified atom stereocenters. The summed E-state index contributed by atoms with van der Waals surface area (Å²) >= 11 is 0. The van der Waals surface area contributed by atoms with Gasteiger partial charge in [0.05, 0.1) is 13.2 Å². The second-order valence-corrected chi connectivity index (χ2v) is 7.11. The highest BCUT2D eigenvalue weighted by Crippen LogP contribution is 2.22. The Balaban J connectivity index is 1.50. The number of hydrogen-bond acceptors (Lipinski definition) is 4. The molecule has 1 fully saturated rings. The number of aryl methyl sites for hydroxylation is 1. The van der Waals surface area contributed by atoms with Gasteiger partial charge in [-0.05, 0) is 31.5 Å². The highest BCUT2D eigenvalue weighted by atomic mass is 16.5.